The molecule has 0 fully saturated rings. The summed E-state index contributed by atoms with van der Waals surface area (Å²) in [7, 11) is 0. The monoisotopic (exact) mass is 356 g/mol. The van der Waals surface area contributed by atoms with Crippen molar-refractivity contribution in [1.82, 2.24) is 10.6 Å². The fraction of sp³-hybridized carbons (Fsp3) is 0.222. The predicted molar refractivity (Wildman–Crippen MR) is 98.0 cm³/mol. The van der Waals surface area contributed by atoms with E-state index in [1.807, 2.05) is 13.8 Å². The Balaban J connectivity index is 2.07. The lowest BCUT2D eigenvalue weighted by Gasteiger charge is -2.13. The topological polar surface area (TPSA) is 113 Å². The minimum atomic E-state index is -0.488. The second-order valence-electron chi connectivity index (χ2n) is 5.91. The molecule has 0 aliphatic carbocycles. The van der Waals surface area contributed by atoms with Crippen LogP contribution in [0.25, 0.3) is 0 Å². The zero-order valence-electron chi connectivity index (χ0n) is 14.5. The number of nitro benzene ring substituents is 1. The molecule has 3 N–H and O–H groups in total. The fourth-order valence-electron chi connectivity index (χ4n) is 2.27. The van der Waals surface area contributed by atoms with Gasteiger partial charge in [-0.3, -0.25) is 14.9 Å². The number of amides is 3. The molecule has 8 nitrogen and oxygen atoms in total. The van der Waals surface area contributed by atoms with E-state index in [1.54, 1.807) is 36.4 Å². The van der Waals surface area contributed by atoms with Crippen LogP contribution in [0, 0.1) is 10.1 Å². The smallest absolute Gasteiger partial charge is 0.319 e. The van der Waals surface area contributed by atoms with Crippen molar-refractivity contribution >= 4 is 23.3 Å². The van der Waals surface area contributed by atoms with E-state index >= 15 is 0 Å². The average Bonchev–Trinajstić information content (AvgIpc) is 2.59. The summed E-state index contributed by atoms with van der Waals surface area (Å²) in [5.74, 6) is -0.392. The van der Waals surface area contributed by atoms with Crippen molar-refractivity contribution in [1.29, 1.82) is 0 Å². The first-order valence-corrected chi connectivity index (χ1v) is 8.05. The highest BCUT2D eigenvalue weighted by molar-refractivity contribution is 6.03. The van der Waals surface area contributed by atoms with Gasteiger partial charge in [0.25, 0.3) is 11.6 Å². The quantitative estimate of drug-likeness (QED) is 0.545. The SMILES string of the molecule is CC(C)NC(=O)Nc1ccccc1C(=O)NCc1cccc([N+](=O)[O-])c1. The van der Waals surface area contributed by atoms with Crippen LogP contribution < -0.4 is 16.0 Å². The maximum Gasteiger partial charge on any atom is 0.319 e. The van der Waals surface area contributed by atoms with Crippen LogP contribution in [-0.2, 0) is 6.54 Å². The number of non-ortho nitro benzene ring substituents is 1. The summed E-state index contributed by atoms with van der Waals surface area (Å²) < 4.78 is 0. The van der Waals surface area contributed by atoms with Crippen LogP contribution in [0.15, 0.2) is 48.5 Å². The van der Waals surface area contributed by atoms with E-state index in [0.717, 1.165) is 0 Å². The van der Waals surface area contributed by atoms with Crippen molar-refractivity contribution in [2.45, 2.75) is 26.4 Å². The lowest BCUT2D eigenvalue weighted by Crippen LogP contribution is -2.35. The van der Waals surface area contributed by atoms with Gasteiger partial charge in [-0.2, -0.15) is 0 Å². The molecule has 0 aliphatic heterocycles. The third-order valence-corrected chi connectivity index (χ3v) is 3.41. The Kier molecular flexibility index (Phi) is 6.26. The molecule has 0 radical (unpaired) electrons. The summed E-state index contributed by atoms with van der Waals surface area (Å²) in [6.07, 6.45) is 0. The van der Waals surface area contributed by atoms with Crippen LogP contribution in [0.4, 0.5) is 16.2 Å². The summed E-state index contributed by atoms with van der Waals surface area (Å²) >= 11 is 0. The molecule has 0 unspecified atom stereocenters. The number of nitrogens with zero attached hydrogens (tertiary/aromatic N) is 1. The number of rotatable bonds is 6. The number of carbonyl (C=O) groups excluding carboxylic acids is 2. The summed E-state index contributed by atoms with van der Waals surface area (Å²) in [5.41, 5.74) is 1.25. The van der Waals surface area contributed by atoms with Gasteiger partial charge in [-0.25, -0.2) is 4.79 Å². The van der Waals surface area contributed by atoms with Gasteiger partial charge >= 0.3 is 6.03 Å². The first-order chi connectivity index (χ1) is 12.4. The lowest BCUT2D eigenvalue weighted by atomic mass is 10.1. The van der Waals surface area contributed by atoms with E-state index < -0.39 is 16.9 Å². The standard InChI is InChI=1S/C18H20N4O4/c1-12(2)20-18(24)21-16-9-4-3-8-15(16)17(23)19-11-13-6-5-7-14(10-13)22(25)26/h3-10,12H,11H2,1-2H3,(H,19,23)(H2,20,21,24). The van der Waals surface area contributed by atoms with Crippen LogP contribution in [0.1, 0.15) is 29.8 Å². The Morgan fingerprint density at radius 3 is 2.54 bits per heavy atom. The van der Waals surface area contributed by atoms with Gasteiger partial charge in [-0.05, 0) is 31.5 Å². The highest BCUT2D eigenvalue weighted by atomic mass is 16.6. The number of para-hydroxylation sites is 1. The number of nitrogens with one attached hydrogen (secondary N) is 3. The number of hydrogen-bond acceptors (Lipinski definition) is 4. The average molecular weight is 356 g/mol. The van der Waals surface area contributed by atoms with Gasteiger partial charge in [0.2, 0.25) is 0 Å². The van der Waals surface area contributed by atoms with Gasteiger partial charge in [-0.1, -0.05) is 24.3 Å². The molecule has 0 bridgehead atoms. The van der Waals surface area contributed by atoms with Crippen LogP contribution in [0.2, 0.25) is 0 Å². The number of hydrogen-bond donors (Lipinski definition) is 3. The van der Waals surface area contributed by atoms with Crippen molar-refractivity contribution in [2.24, 2.45) is 0 Å². The van der Waals surface area contributed by atoms with Gasteiger partial charge in [0.05, 0.1) is 16.2 Å². The molecular formula is C18H20N4O4. The zero-order valence-corrected chi connectivity index (χ0v) is 14.5. The lowest BCUT2D eigenvalue weighted by molar-refractivity contribution is -0.384. The minimum Gasteiger partial charge on any atom is -0.348 e. The molecule has 0 spiro atoms. The Hall–Kier alpha value is -3.42. The zero-order chi connectivity index (χ0) is 19.1. The van der Waals surface area contributed by atoms with Gasteiger partial charge < -0.3 is 16.0 Å². The van der Waals surface area contributed by atoms with Crippen molar-refractivity contribution in [3.8, 4) is 0 Å². The van der Waals surface area contributed by atoms with Crippen LogP contribution in [0.3, 0.4) is 0 Å². The van der Waals surface area contributed by atoms with E-state index in [0.29, 0.717) is 16.8 Å². The number of anilines is 1. The molecule has 2 aromatic carbocycles. The summed E-state index contributed by atoms with van der Waals surface area (Å²) in [4.78, 5) is 34.6. The molecule has 0 aliphatic rings. The second kappa shape index (κ2) is 8.61. The maximum absolute atomic E-state index is 12.4. The normalized spacial score (nSPS) is 10.3. The molecule has 0 atom stereocenters. The molecular weight excluding hydrogens is 336 g/mol. The number of nitro groups is 1. The first kappa shape index (κ1) is 18.9. The molecule has 2 rings (SSSR count). The minimum absolute atomic E-state index is 0.0372. The van der Waals surface area contributed by atoms with Crippen molar-refractivity contribution < 1.29 is 14.5 Å². The van der Waals surface area contributed by atoms with E-state index in [9.17, 15) is 19.7 Å². The summed E-state index contributed by atoms with van der Waals surface area (Å²) in [6.45, 7) is 3.79. The third-order valence-electron chi connectivity index (χ3n) is 3.41. The summed E-state index contributed by atoms with van der Waals surface area (Å²) in [5, 5.41) is 18.8. The van der Waals surface area contributed by atoms with Crippen LogP contribution >= 0.6 is 0 Å². The molecule has 26 heavy (non-hydrogen) atoms. The van der Waals surface area contributed by atoms with Gasteiger partial charge in [0.1, 0.15) is 0 Å². The highest BCUT2D eigenvalue weighted by Gasteiger charge is 2.14. The van der Waals surface area contributed by atoms with E-state index in [1.165, 1.54) is 12.1 Å². The van der Waals surface area contributed by atoms with Crippen molar-refractivity contribution in [2.75, 3.05) is 5.32 Å². The molecule has 3 amide bonds. The highest BCUT2D eigenvalue weighted by Crippen LogP contribution is 2.16. The van der Waals surface area contributed by atoms with E-state index in [2.05, 4.69) is 16.0 Å². The molecule has 8 heteroatoms. The first-order valence-electron chi connectivity index (χ1n) is 8.05. The van der Waals surface area contributed by atoms with E-state index in [4.69, 9.17) is 0 Å². The Morgan fingerprint density at radius 2 is 1.85 bits per heavy atom. The molecule has 2 aromatic rings. The predicted octanol–water partition coefficient (Wildman–Crippen LogP) is 3.05. The number of carbonyl (C=O) groups is 2. The molecule has 0 saturated carbocycles. The maximum atomic E-state index is 12.4. The third kappa shape index (κ3) is 5.30. The largest absolute Gasteiger partial charge is 0.348 e. The number of urea groups is 1. The molecule has 0 saturated heterocycles. The van der Waals surface area contributed by atoms with E-state index in [-0.39, 0.29) is 18.3 Å². The fourth-order valence-corrected chi connectivity index (χ4v) is 2.27. The summed E-state index contributed by atoms with van der Waals surface area (Å²) in [6, 6.07) is 12.2. The van der Waals surface area contributed by atoms with Crippen LogP contribution in [-0.4, -0.2) is 22.9 Å². The Bertz CT molecular complexity index is 820. The van der Waals surface area contributed by atoms with Crippen molar-refractivity contribution in [3.63, 3.8) is 0 Å². The molecule has 0 aromatic heterocycles. The van der Waals surface area contributed by atoms with Crippen LogP contribution in [0.5, 0.6) is 0 Å². The second-order valence-corrected chi connectivity index (χ2v) is 5.91. The van der Waals surface area contributed by atoms with Gasteiger partial charge in [0.15, 0.2) is 0 Å². The van der Waals surface area contributed by atoms with Gasteiger partial charge in [0, 0.05) is 24.7 Å². The molecule has 0 heterocycles. The number of benzene rings is 2. The van der Waals surface area contributed by atoms with Crippen molar-refractivity contribution in [3.05, 3.63) is 69.8 Å². The van der Waals surface area contributed by atoms with Gasteiger partial charge in [-0.15, -0.1) is 0 Å². The Labute approximate surface area is 150 Å². The molecule has 136 valence electrons. The Morgan fingerprint density at radius 1 is 1.12 bits per heavy atom.